The summed E-state index contributed by atoms with van der Waals surface area (Å²) in [5.41, 5.74) is 0.0980. The minimum atomic E-state index is -4.48. The largest absolute Gasteiger partial charge is 0.435 e. The molecule has 0 atom stereocenters. The Kier molecular flexibility index (Phi) is 5.56. The van der Waals surface area contributed by atoms with Crippen LogP contribution in [0.1, 0.15) is 27.0 Å². The van der Waals surface area contributed by atoms with Gasteiger partial charge in [-0.15, -0.1) is 10.2 Å². The van der Waals surface area contributed by atoms with Gasteiger partial charge in [0.15, 0.2) is 5.69 Å². The first kappa shape index (κ1) is 20.5. The van der Waals surface area contributed by atoms with Crippen LogP contribution in [0.2, 0.25) is 5.02 Å². The molecule has 0 aliphatic carbocycles. The third-order valence-electron chi connectivity index (χ3n) is 4.15. The number of halogens is 5. The van der Waals surface area contributed by atoms with Crippen LogP contribution in [0, 0.1) is 5.82 Å². The second kappa shape index (κ2) is 8.15. The molecule has 4 aromatic rings. The number of nitrogens with zero attached hydrogens (tertiary/aromatic N) is 6. The Labute approximate surface area is 176 Å². The predicted molar refractivity (Wildman–Crippen MR) is 102 cm³/mol. The highest BCUT2D eigenvalue weighted by atomic mass is 35.5. The summed E-state index contributed by atoms with van der Waals surface area (Å²) in [6, 6.07) is 7.18. The zero-order chi connectivity index (χ0) is 21.3. The van der Waals surface area contributed by atoms with Crippen molar-refractivity contribution in [2.24, 2.45) is 0 Å². The number of hydrogen-bond donors (Lipinski definition) is 0. The minimum absolute atomic E-state index is 0.0912. The molecule has 30 heavy (non-hydrogen) atoms. The van der Waals surface area contributed by atoms with E-state index in [1.807, 2.05) is 0 Å². The van der Waals surface area contributed by atoms with Gasteiger partial charge in [0.2, 0.25) is 0 Å². The molecule has 12 heteroatoms. The van der Waals surface area contributed by atoms with Crippen LogP contribution in [0.25, 0.3) is 0 Å². The van der Waals surface area contributed by atoms with Gasteiger partial charge in [-0.05, 0) is 24.3 Å². The fourth-order valence-electron chi connectivity index (χ4n) is 2.75. The Morgan fingerprint density at radius 3 is 2.40 bits per heavy atom. The average molecular weight is 457 g/mol. The molecule has 3 heterocycles. The van der Waals surface area contributed by atoms with Crippen molar-refractivity contribution in [1.82, 2.24) is 29.8 Å². The van der Waals surface area contributed by atoms with Crippen molar-refractivity contribution in [3.63, 3.8) is 0 Å². The molecule has 0 fully saturated rings. The van der Waals surface area contributed by atoms with E-state index in [0.29, 0.717) is 32.7 Å². The van der Waals surface area contributed by atoms with Crippen LogP contribution in [0.5, 0.6) is 0 Å². The van der Waals surface area contributed by atoms with E-state index in [1.165, 1.54) is 34.3 Å². The molecule has 6 nitrogen and oxygen atoms in total. The Morgan fingerprint density at radius 2 is 1.67 bits per heavy atom. The molecule has 4 rings (SSSR count). The number of hydrogen-bond acceptors (Lipinski definition) is 5. The molecule has 0 radical (unpaired) electrons. The van der Waals surface area contributed by atoms with Gasteiger partial charge in [0, 0.05) is 29.4 Å². The number of benzene rings is 1. The summed E-state index contributed by atoms with van der Waals surface area (Å²) in [4.78, 5) is 0. The fraction of sp³-hybridized carbons (Fsp3) is 0.222. The van der Waals surface area contributed by atoms with Gasteiger partial charge < -0.3 is 0 Å². The molecule has 0 saturated heterocycles. The molecule has 0 spiro atoms. The highest BCUT2D eigenvalue weighted by Gasteiger charge is 2.33. The van der Waals surface area contributed by atoms with E-state index in [9.17, 15) is 17.6 Å². The summed E-state index contributed by atoms with van der Waals surface area (Å²) in [5, 5.41) is 17.5. The van der Waals surface area contributed by atoms with Crippen LogP contribution in [0.3, 0.4) is 0 Å². The zero-order valence-electron chi connectivity index (χ0n) is 15.1. The van der Waals surface area contributed by atoms with E-state index in [1.54, 1.807) is 23.0 Å². The molecule has 0 aliphatic rings. The van der Waals surface area contributed by atoms with Gasteiger partial charge >= 0.3 is 6.18 Å². The van der Waals surface area contributed by atoms with Crippen LogP contribution in [-0.4, -0.2) is 29.8 Å². The van der Waals surface area contributed by atoms with Crippen molar-refractivity contribution in [2.45, 2.75) is 25.7 Å². The third-order valence-corrected chi connectivity index (χ3v) is 5.41. The summed E-state index contributed by atoms with van der Waals surface area (Å²) < 4.78 is 54.6. The summed E-state index contributed by atoms with van der Waals surface area (Å²) in [5.74, 6) is -0.402. The van der Waals surface area contributed by atoms with E-state index in [4.69, 9.17) is 11.6 Å². The number of alkyl halides is 3. The minimum Gasteiger partial charge on any atom is -0.268 e. The molecule has 0 unspecified atom stereocenters. The highest BCUT2D eigenvalue weighted by molar-refractivity contribution is 7.11. The van der Waals surface area contributed by atoms with Crippen LogP contribution in [-0.2, 0) is 25.7 Å². The summed E-state index contributed by atoms with van der Waals surface area (Å²) in [7, 11) is 0. The lowest BCUT2D eigenvalue weighted by molar-refractivity contribution is -0.141. The Balaban J connectivity index is 1.40. The van der Waals surface area contributed by atoms with Gasteiger partial charge in [-0.3, -0.25) is 9.36 Å². The van der Waals surface area contributed by atoms with Crippen LogP contribution < -0.4 is 0 Å². The summed E-state index contributed by atoms with van der Waals surface area (Å²) in [6.07, 6.45) is -1.13. The van der Waals surface area contributed by atoms with Gasteiger partial charge in [0.25, 0.3) is 0 Å². The molecule has 0 aliphatic heterocycles. The summed E-state index contributed by atoms with van der Waals surface area (Å²) >= 11 is 7.31. The standard InChI is InChI=1S/C18H13ClF4N6S/c19-13-2-1-3-14(20)12(13)9-28-6-4-11(26-28)8-16-24-25-17(30-16)10-29-7-5-15(27-29)18(21,22)23/h1-7H,8-10H2. The van der Waals surface area contributed by atoms with Crippen LogP contribution >= 0.6 is 22.9 Å². The molecule has 3 aromatic heterocycles. The Bertz CT molecular complexity index is 1150. The first-order chi connectivity index (χ1) is 14.3. The lowest BCUT2D eigenvalue weighted by atomic mass is 10.2. The van der Waals surface area contributed by atoms with Gasteiger partial charge in [0.05, 0.1) is 18.8 Å². The summed E-state index contributed by atoms with van der Waals surface area (Å²) in [6.45, 7) is 0.279. The van der Waals surface area contributed by atoms with Gasteiger partial charge in [-0.25, -0.2) is 4.39 Å². The maximum atomic E-state index is 13.9. The van der Waals surface area contributed by atoms with Gasteiger partial charge in [-0.2, -0.15) is 23.4 Å². The quantitative estimate of drug-likeness (QED) is 0.403. The first-order valence-electron chi connectivity index (χ1n) is 8.65. The Morgan fingerprint density at radius 1 is 0.933 bits per heavy atom. The fourth-order valence-corrected chi connectivity index (χ4v) is 3.82. The van der Waals surface area contributed by atoms with Crippen LogP contribution in [0.15, 0.2) is 42.7 Å². The first-order valence-corrected chi connectivity index (χ1v) is 9.84. The van der Waals surface area contributed by atoms with Crippen molar-refractivity contribution in [1.29, 1.82) is 0 Å². The van der Waals surface area contributed by atoms with Crippen molar-refractivity contribution >= 4 is 22.9 Å². The molecule has 0 N–H and O–H groups in total. The lowest BCUT2D eigenvalue weighted by Gasteiger charge is -2.05. The normalized spacial score (nSPS) is 11.9. The maximum absolute atomic E-state index is 13.9. The number of aromatic nitrogens is 6. The Hall–Kier alpha value is -2.79. The molecular weight excluding hydrogens is 444 g/mol. The smallest absolute Gasteiger partial charge is 0.268 e. The SMILES string of the molecule is Fc1cccc(Cl)c1Cn1ccc(Cc2nnc(Cn3ccc(C(F)(F)F)n3)s2)n1. The second-order valence-electron chi connectivity index (χ2n) is 6.37. The van der Waals surface area contributed by atoms with Gasteiger partial charge in [0.1, 0.15) is 15.8 Å². The number of rotatable bonds is 6. The maximum Gasteiger partial charge on any atom is 0.435 e. The topological polar surface area (TPSA) is 61.4 Å². The average Bonchev–Trinajstić information content (AvgIpc) is 3.41. The molecule has 0 saturated carbocycles. The molecule has 156 valence electrons. The van der Waals surface area contributed by atoms with Crippen LogP contribution in [0.4, 0.5) is 17.6 Å². The lowest BCUT2D eigenvalue weighted by Crippen LogP contribution is -2.08. The van der Waals surface area contributed by atoms with Gasteiger partial charge in [-0.1, -0.05) is 29.0 Å². The van der Waals surface area contributed by atoms with Crippen molar-refractivity contribution in [2.75, 3.05) is 0 Å². The van der Waals surface area contributed by atoms with Crippen molar-refractivity contribution in [3.05, 3.63) is 80.5 Å². The van der Waals surface area contributed by atoms with Crippen molar-refractivity contribution in [3.8, 4) is 0 Å². The molecular formula is C18H13ClF4N6S. The zero-order valence-corrected chi connectivity index (χ0v) is 16.7. The highest BCUT2D eigenvalue weighted by Crippen LogP contribution is 2.27. The van der Waals surface area contributed by atoms with E-state index in [2.05, 4.69) is 20.4 Å². The van der Waals surface area contributed by atoms with E-state index in [-0.39, 0.29) is 13.1 Å². The monoisotopic (exact) mass is 456 g/mol. The molecule has 1 aromatic carbocycles. The predicted octanol–water partition coefficient (Wildman–Crippen LogP) is 4.43. The van der Waals surface area contributed by atoms with Crippen molar-refractivity contribution < 1.29 is 17.6 Å². The van der Waals surface area contributed by atoms with E-state index >= 15 is 0 Å². The second-order valence-corrected chi connectivity index (χ2v) is 7.92. The third kappa shape index (κ3) is 4.68. The molecule has 0 bridgehead atoms. The molecule has 0 amide bonds. The van der Waals surface area contributed by atoms with E-state index in [0.717, 1.165) is 6.07 Å². The van der Waals surface area contributed by atoms with E-state index < -0.39 is 17.7 Å².